The van der Waals surface area contributed by atoms with Crippen molar-refractivity contribution in [3.63, 3.8) is 0 Å². The first-order valence-corrected chi connectivity index (χ1v) is 14.3. The summed E-state index contributed by atoms with van der Waals surface area (Å²) >= 11 is 0. The van der Waals surface area contributed by atoms with Crippen LogP contribution in [0, 0.1) is 5.92 Å². The molecule has 2 aromatic heterocycles. The number of rotatable bonds is 6. The van der Waals surface area contributed by atoms with Crippen LogP contribution < -0.4 is 0 Å². The zero-order valence-corrected chi connectivity index (χ0v) is 23.0. The summed E-state index contributed by atoms with van der Waals surface area (Å²) in [5.41, 5.74) is 11.4. The molecule has 2 nitrogen and oxygen atoms in total. The summed E-state index contributed by atoms with van der Waals surface area (Å²) in [6, 6.07) is 38.5. The Morgan fingerprint density at radius 1 is 0.615 bits per heavy atom. The van der Waals surface area contributed by atoms with Gasteiger partial charge in [-0.25, -0.2) is 0 Å². The first-order valence-electron chi connectivity index (χ1n) is 14.3. The van der Waals surface area contributed by atoms with E-state index in [1.54, 1.807) is 0 Å². The highest BCUT2D eigenvalue weighted by Crippen LogP contribution is 2.35. The fourth-order valence-electron chi connectivity index (χ4n) is 6.27. The number of para-hydroxylation sites is 1. The van der Waals surface area contributed by atoms with Crippen LogP contribution in [-0.2, 0) is 12.8 Å². The quantitative estimate of drug-likeness (QED) is 0.232. The van der Waals surface area contributed by atoms with Crippen LogP contribution in [0.5, 0.6) is 0 Å². The lowest BCUT2D eigenvalue weighted by atomic mass is 10.00. The Morgan fingerprint density at radius 3 is 2.03 bits per heavy atom. The van der Waals surface area contributed by atoms with Crippen molar-refractivity contribution in [1.29, 1.82) is 0 Å². The largest absolute Gasteiger partial charge is 0.355 e. The van der Waals surface area contributed by atoms with Gasteiger partial charge in [0, 0.05) is 38.3 Å². The third-order valence-corrected chi connectivity index (χ3v) is 8.04. The second kappa shape index (κ2) is 9.47. The molecule has 2 heterocycles. The molecular formula is C37H34N2. The van der Waals surface area contributed by atoms with E-state index in [2.05, 4.69) is 133 Å². The minimum Gasteiger partial charge on any atom is -0.355 e. The summed E-state index contributed by atoms with van der Waals surface area (Å²) in [7, 11) is 0. The van der Waals surface area contributed by atoms with E-state index < -0.39 is 0 Å². The number of aromatic amines is 1. The molecule has 0 spiro atoms. The molecule has 0 unspecified atom stereocenters. The number of nitrogens with one attached hydrogen (secondary N) is 1. The average Bonchev–Trinajstić information content (AvgIpc) is 3.48. The Morgan fingerprint density at radius 2 is 1.28 bits per heavy atom. The van der Waals surface area contributed by atoms with Gasteiger partial charge in [-0.15, -0.1) is 0 Å². The molecule has 192 valence electrons. The molecule has 0 radical (unpaired) electrons. The van der Waals surface area contributed by atoms with Crippen molar-refractivity contribution < 1.29 is 0 Å². The Kier molecular flexibility index (Phi) is 5.77. The van der Waals surface area contributed by atoms with E-state index in [9.17, 15) is 0 Å². The van der Waals surface area contributed by atoms with E-state index in [1.807, 2.05) is 0 Å². The van der Waals surface area contributed by atoms with Gasteiger partial charge in [0.15, 0.2) is 0 Å². The van der Waals surface area contributed by atoms with Gasteiger partial charge in [-0.3, -0.25) is 0 Å². The third kappa shape index (κ3) is 4.12. The van der Waals surface area contributed by atoms with Crippen LogP contribution in [0.4, 0.5) is 0 Å². The summed E-state index contributed by atoms with van der Waals surface area (Å²) < 4.78 is 2.44. The van der Waals surface area contributed by atoms with Crippen molar-refractivity contribution in [2.24, 2.45) is 5.92 Å². The maximum atomic E-state index is 3.54. The molecule has 39 heavy (non-hydrogen) atoms. The molecule has 0 aliphatic rings. The maximum absolute atomic E-state index is 3.54. The van der Waals surface area contributed by atoms with Gasteiger partial charge in [-0.05, 0) is 95.6 Å². The lowest BCUT2D eigenvalue weighted by Crippen LogP contribution is -1.95. The van der Waals surface area contributed by atoms with Crippen molar-refractivity contribution in [2.75, 3.05) is 0 Å². The van der Waals surface area contributed by atoms with Gasteiger partial charge >= 0.3 is 0 Å². The predicted octanol–water partition coefficient (Wildman–Crippen LogP) is 10.2. The van der Waals surface area contributed by atoms with Crippen molar-refractivity contribution in [2.45, 2.75) is 40.0 Å². The molecule has 0 saturated heterocycles. The van der Waals surface area contributed by atoms with Gasteiger partial charge in [-0.2, -0.15) is 0 Å². The molecule has 0 bridgehead atoms. The van der Waals surface area contributed by atoms with Crippen molar-refractivity contribution in [3.8, 4) is 16.8 Å². The fraction of sp³-hybridized carbons (Fsp3) is 0.189. The molecule has 2 heteroatoms. The Balaban J connectivity index is 1.34. The van der Waals surface area contributed by atoms with Gasteiger partial charge in [0.1, 0.15) is 0 Å². The Labute approximate surface area is 229 Å². The first kappa shape index (κ1) is 23.8. The van der Waals surface area contributed by atoms with Gasteiger partial charge < -0.3 is 9.55 Å². The smallest absolute Gasteiger partial charge is 0.0541 e. The highest BCUT2D eigenvalue weighted by Gasteiger charge is 2.14. The minimum absolute atomic E-state index is 0.641. The third-order valence-electron chi connectivity index (χ3n) is 8.04. The molecule has 0 atom stereocenters. The van der Waals surface area contributed by atoms with Crippen LogP contribution in [0.3, 0.4) is 0 Å². The van der Waals surface area contributed by atoms with E-state index in [0.717, 1.165) is 19.3 Å². The van der Waals surface area contributed by atoms with Gasteiger partial charge in [0.25, 0.3) is 0 Å². The molecule has 1 N–H and O–H groups in total. The molecule has 7 aromatic rings. The number of benzene rings is 5. The van der Waals surface area contributed by atoms with Crippen LogP contribution in [0.2, 0.25) is 0 Å². The van der Waals surface area contributed by atoms with Gasteiger partial charge in [0.2, 0.25) is 0 Å². The zero-order chi connectivity index (χ0) is 26.5. The van der Waals surface area contributed by atoms with Crippen LogP contribution in [-0.4, -0.2) is 9.55 Å². The van der Waals surface area contributed by atoms with Gasteiger partial charge in [-0.1, -0.05) is 75.7 Å². The summed E-state index contributed by atoms with van der Waals surface area (Å²) in [4.78, 5) is 3.54. The van der Waals surface area contributed by atoms with Gasteiger partial charge in [0.05, 0.1) is 11.0 Å². The van der Waals surface area contributed by atoms with E-state index in [-0.39, 0.29) is 0 Å². The normalized spacial score (nSPS) is 12.0. The average molecular weight is 507 g/mol. The molecule has 5 aromatic carbocycles. The van der Waals surface area contributed by atoms with Crippen LogP contribution in [0.25, 0.3) is 60.4 Å². The minimum atomic E-state index is 0.641. The zero-order valence-electron chi connectivity index (χ0n) is 23.0. The number of hydrogen-bond acceptors (Lipinski definition) is 0. The number of aryl methyl sites for hydroxylation is 1. The standard InChI is InChI=1S/C37H34N2/c1-4-7-25-10-18-36-32(21-25)33-22-26(20-24(2)3)11-19-37(33)39(36)29-15-12-27(13-16-29)28-14-17-35-31(23-28)30-8-5-6-9-34(30)38-35/h5-6,8-19,21-24,38H,4,7,20H2,1-3H3. The SMILES string of the molecule is CCCc1ccc2c(c1)c1cc(CC(C)C)ccc1n2-c1ccc(-c2ccc3[nH]c4ccccc4c3c2)cc1. The molecular weight excluding hydrogens is 472 g/mol. The summed E-state index contributed by atoms with van der Waals surface area (Å²) in [5, 5.41) is 5.26. The second-order valence-corrected chi connectivity index (χ2v) is 11.4. The highest BCUT2D eigenvalue weighted by molar-refractivity contribution is 6.10. The van der Waals surface area contributed by atoms with Crippen molar-refractivity contribution in [3.05, 3.63) is 114 Å². The lowest BCUT2D eigenvalue weighted by molar-refractivity contribution is 0.648. The molecule has 0 saturated carbocycles. The predicted molar refractivity (Wildman–Crippen MR) is 168 cm³/mol. The summed E-state index contributed by atoms with van der Waals surface area (Å²) in [5.74, 6) is 0.641. The topological polar surface area (TPSA) is 20.7 Å². The number of nitrogens with zero attached hydrogens (tertiary/aromatic N) is 1. The molecule has 0 amide bonds. The van der Waals surface area contributed by atoms with Crippen LogP contribution >= 0.6 is 0 Å². The lowest BCUT2D eigenvalue weighted by Gasteiger charge is -2.10. The van der Waals surface area contributed by atoms with E-state index in [0.29, 0.717) is 5.92 Å². The van der Waals surface area contributed by atoms with Crippen molar-refractivity contribution in [1.82, 2.24) is 9.55 Å². The van der Waals surface area contributed by atoms with Crippen LogP contribution in [0.1, 0.15) is 38.3 Å². The number of fused-ring (bicyclic) bond motifs is 6. The summed E-state index contributed by atoms with van der Waals surface area (Å²) in [6.07, 6.45) is 3.38. The first-order chi connectivity index (χ1) is 19.1. The van der Waals surface area contributed by atoms with E-state index in [4.69, 9.17) is 0 Å². The van der Waals surface area contributed by atoms with E-state index >= 15 is 0 Å². The Hall–Kier alpha value is -4.30. The molecule has 7 rings (SSSR count). The van der Waals surface area contributed by atoms with E-state index in [1.165, 1.54) is 71.6 Å². The monoisotopic (exact) mass is 506 g/mol. The Bertz CT molecular complexity index is 1970. The highest BCUT2D eigenvalue weighted by atomic mass is 15.0. The summed E-state index contributed by atoms with van der Waals surface area (Å²) in [6.45, 7) is 6.85. The molecule has 0 fully saturated rings. The van der Waals surface area contributed by atoms with Crippen molar-refractivity contribution >= 4 is 43.6 Å². The molecule has 0 aliphatic carbocycles. The van der Waals surface area contributed by atoms with Crippen LogP contribution in [0.15, 0.2) is 103 Å². The number of aromatic nitrogens is 2. The number of H-pyrrole nitrogens is 1. The second-order valence-electron chi connectivity index (χ2n) is 11.4. The fourth-order valence-corrected chi connectivity index (χ4v) is 6.27. The maximum Gasteiger partial charge on any atom is 0.0541 e. The number of hydrogen-bond donors (Lipinski definition) is 1. The molecule has 0 aliphatic heterocycles.